The molecule has 4 aliphatic carbocycles. The fourth-order valence-corrected chi connectivity index (χ4v) is 10.2. The van der Waals surface area contributed by atoms with Crippen molar-refractivity contribution in [1.82, 2.24) is 5.32 Å². The van der Waals surface area contributed by atoms with E-state index in [0.29, 0.717) is 35.5 Å². The van der Waals surface area contributed by atoms with Gasteiger partial charge in [0.25, 0.3) is 5.24 Å². The number of amides is 2. The summed E-state index contributed by atoms with van der Waals surface area (Å²) in [5.41, 5.74) is 0.468. The van der Waals surface area contributed by atoms with Crippen molar-refractivity contribution in [1.29, 1.82) is 0 Å². The van der Waals surface area contributed by atoms with Gasteiger partial charge >= 0.3 is 0 Å². The molecule has 6 heteroatoms. The van der Waals surface area contributed by atoms with Crippen LogP contribution >= 0.6 is 11.8 Å². The third-order valence-corrected chi connectivity index (χ3v) is 11.8. The van der Waals surface area contributed by atoms with E-state index in [1.54, 1.807) is 0 Å². The molecule has 0 spiro atoms. The fraction of sp³-hybridized carbons (Fsp3) is 0.920. The van der Waals surface area contributed by atoms with E-state index in [0.717, 1.165) is 43.9 Å². The first-order valence-electron chi connectivity index (χ1n) is 12.5. The minimum absolute atomic E-state index is 0.119. The second kappa shape index (κ2) is 7.73. The Kier molecular flexibility index (Phi) is 5.54. The summed E-state index contributed by atoms with van der Waals surface area (Å²) in [6.45, 7) is 7.19. The van der Waals surface area contributed by atoms with E-state index in [1.807, 2.05) is 0 Å². The molecular weight excluding hydrogens is 410 g/mol. The first kappa shape index (κ1) is 22.2. The first-order chi connectivity index (χ1) is 14.6. The van der Waals surface area contributed by atoms with Crippen LogP contribution in [0.1, 0.15) is 78.6 Å². The predicted octanol–water partition coefficient (Wildman–Crippen LogP) is 4.35. The smallest absolute Gasteiger partial charge is 0.286 e. The second-order valence-corrected chi connectivity index (χ2v) is 13.2. The Morgan fingerprint density at radius 2 is 1.74 bits per heavy atom. The minimum atomic E-state index is -0.249. The van der Waals surface area contributed by atoms with Crippen LogP contribution in [0.15, 0.2) is 0 Å². The lowest BCUT2D eigenvalue weighted by Crippen LogP contribution is -2.58. The number of fused-ring (bicyclic) bond motifs is 5. The molecule has 0 bridgehead atoms. The highest BCUT2D eigenvalue weighted by Crippen LogP contribution is 2.68. The van der Waals surface area contributed by atoms with Gasteiger partial charge in [-0.3, -0.25) is 14.9 Å². The Morgan fingerprint density at radius 1 is 1.03 bits per heavy atom. The molecule has 2 amide bonds. The van der Waals surface area contributed by atoms with Crippen LogP contribution in [-0.2, 0) is 4.79 Å². The number of hydrogen-bond acceptors (Lipinski definition) is 5. The summed E-state index contributed by atoms with van der Waals surface area (Å²) in [5, 5.41) is 23.6. The van der Waals surface area contributed by atoms with Crippen molar-refractivity contribution in [3.63, 3.8) is 0 Å². The van der Waals surface area contributed by atoms with E-state index in [4.69, 9.17) is 0 Å². The molecule has 5 rings (SSSR count). The van der Waals surface area contributed by atoms with Crippen molar-refractivity contribution in [2.24, 2.45) is 46.3 Å². The lowest BCUT2D eigenvalue weighted by molar-refractivity contribution is -0.174. The zero-order chi connectivity index (χ0) is 22.1. The maximum Gasteiger partial charge on any atom is 0.286 e. The van der Waals surface area contributed by atoms with Gasteiger partial charge < -0.3 is 10.2 Å². The Labute approximate surface area is 190 Å². The lowest BCUT2D eigenvalue weighted by Gasteiger charge is -2.62. The second-order valence-electron chi connectivity index (χ2n) is 12.0. The number of aliphatic hydroxyl groups is 2. The monoisotopic (exact) mass is 449 g/mol. The van der Waals surface area contributed by atoms with Gasteiger partial charge in [-0.15, -0.1) is 0 Å². The molecule has 1 saturated heterocycles. The molecule has 0 radical (unpaired) electrons. The molecule has 5 aliphatic rings. The van der Waals surface area contributed by atoms with Gasteiger partial charge in [0.15, 0.2) is 0 Å². The number of nitrogens with one attached hydrogen (secondary N) is 1. The SMILES string of the molecule is C[C@H](C[C@H]1SC(=O)NC1=O)C1CCC2C3C(CC[C@@]21C)[C@@]1(C)CC[C@@H](O)CC1C[C@H]3O. The Balaban J connectivity index is 1.35. The van der Waals surface area contributed by atoms with E-state index in [1.165, 1.54) is 25.7 Å². The summed E-state index contributed by atoms with van der Waals surface area (Å²) >= 11 is 1.16. The minimum Gasteiger partial charge on any atom is -0.393 e. The Morgan fingerprint density at radius 3 is 2.45 bits per heavy atom. The van der Waals surface area contributed by atoms with Crippen LogP contribution in [-0.4, -0.2) is 38.8 Å². The van der Waals surface area contributed by atoms with Gasteiger partial charge in [0.1, 0.15) is 0 Å². The largest absolute Gasteiger partial charge is 0.393 e. The summed E-state index contributed by atoms with van der Waals surface area (Å²) in [6, 6.07) is 0. The average Bonchev–Trinajstić information content (AvgIpc) is 3.21. The Bertz CT molecular complexity index is 760. The number of carbonyl (C=O) groups excluding carboxylic acids is 2. The topological polar surface area (TPSA) is 86.6 Å². The van der Waals surface area contributed by atoms with Crippen LogP contribution in [0.5, 0.6) is 0 Å². The molecule has 174 valence electrons. The van der Waals surface area contributed by atoms with Gasteiger partial charge in [0.05, 0.1) is 17.5 Å². The van der Waals surface area contributed by atoms with Crippen molar-refractivity contribution < 1.29 is 19.8 Å². The van der Waals surface area contributed by atoms with Crippen molar-refractivity contribution in [3.05, 3.63) is 0 Å². The maximum atomic E-state index is 12.1. The van der Waals surface area contributed by atoms with Crippen LogP contribution in [0.2, 0.25) is 0 Å². The molecule has 3 N–H and O–H groups in total. The van der Waals surface area contributed by atoms with Crippen LogP contribution in [0.4, 0.5) is 4.79 Å². The molecule has 11 atom stereocenters. The summed E-state index contributed by atoms with van der Waals surface area (Å²) in [6.07, 6.45) is 8.77. The van der Waals surface area contributed by atoms with Crippen LogP contribution in [0, 0.1) is 46.3 Å². The quantitative estimate of drug-likeness (QED) is 0.596. The molecule has 5 unspecified atom stereocenters. The van der Waals surface area contributed by atoms with Crippen LogP contribution < -0.4 is 5.32 Å². The van der Waals surface area contributed by atoms with Gasteiger partial charge in [-0.2, -0.15) is 0 Å². The molecular formula is C25H39NO4S. The van der Waals surface area contributed by atoms with Crippen molar-refractivity contribution in [2.45, 2.75) is 96.0 Å². The summed E-state index contributed by atoms with van der Waals surface area (Å²) in [5.74, 6) is 2.76. The van der Waals surface area contributed by atoms with E-state index in [-0.39, 0.29) is 39.4 Å². The van der Waals surface area contributed by atoms with Crippen molar-refractivity contribution in [2.75, 3.05) is 0 Å². The van der Waals surface area contributed by atoms with E-state index in [9.17, 15) is 19.8 Å². The average molecular weight is 450 g/mol. The highest BCUT2D eigenvalue weighted by Gasteiger charge is 2.63. The third kappa shape index (κ3) is 3.42. The molecule has 5 nitrogen and oxygen atoms in total. The molecule has 1 aliphatic heterocycles. The molecule has 0 aromatic rings. The molecule has 0 aromatic carbocycles. The van der Waals surface area contributed by atoms with Crippen molar-refractivity contribution >= 4 is 22.9 Å². The number of thioether (sulfide) groups is 1. The van der Waals surface area contributed by atoms with E-state index >= 15 is 0 Å². The van der Waals surface area contributed by atoms with Gasteiger partial charge in [-0.05, 0) is 104 Å². The fourth-order valence-electron chi connectivity index (χ4n) is 9.23. The molecule has 0 aromatic heterocycles. The van der Waals surface area contributed by atoms with Gasteiger partial charge in [0, 0.05) is 0 Å². The van der Waals surface area contributed by atoms with Gasteiger partial charge in [-0.1, -0.05) is 32.5 Å². The highest BCUT2D eigenvalue weighted by molar-refractivity contribution is 8.15. The summed E-state index contributed by atoms with van der Waals surface area (Å²) < 4.78 is 0. The Hall–Kier alpha value is -0.590. The number of rotatable bonds is 3. The molecule has 31 heavy (non-hydrogen) atoms. The van der Waals surface area contributed by atoms with Crippen molar-refractivity contribution in [3.8, 4) is 0 Å². The number of hydrogen-bond donors (Lipinski definition) is 3. The first-order valence-corrected chi connectivity index (χ1v) is 13.4. The predicted molar refractivity (Wildman–Crippen MR) is 121 cm³/mol. The number of aliphatic hydroxyl groups excluding tert-OH is 2. The zero-order valence-corrected chi connectivity index (χ0v) is 20.0. The standard InChI is InChI=1S/C25H39NO4S/c1-13(10-20-22(29)26-23(30)31-20)16-4-5-17-21-18(7-9-25(16,17)3)24(2)8-6-15(27)11-14(24)12-19(21)28/h13-21,27-28H,4-12H2,1-3H3,(H,26,29,30)/t13-,14?,15-,16?,17?,18?,19-,20-,21?,24+,25-/m1/s1. The highest BCUT2D eigenvalue weighted by atomic mass is 32.2. The lowest BCUT2D eigenvalue weighted by atomic mass is 9.43. The maximum absolute atomic E-state index is 12.1. The molecule has 4 saturated carbocycles. The summed E-state index contributed by atoms with van der Waals surface area (Å²) in [4.78, 5) is 23.7. The zero-order valence-electron chi connectivity index (χ0n) is 19.2. The number of carbonyl (C=O) groups is 2. The summed E-state index contributed by atoms with van der Waals surface area (Å²) in [7, 11) is 0. The van der Waals surface area contributed by atoms with Crippen LogP contribution in [0.25, 0.3) is 0 Å². The number of imide groups is 1. The third-order valence-electron chi connectivity index (χ3n) is 10.8. The van der Waals surface area contributed by atoms with Gasteiger partial charge in [-0.25, -0.2) is 0 Å². The van der Waals surface area contributed by atoms with E-state index in [2.05, 4.69) is 26.1 Å². The molecule has 1 heterocycles. The van der Waals surface area contributed by atoms with Crippen LogP contribution in [0.3, 0.4) is 0 Å². The van der Waals surface area contributed by atoms with Gasteiger partial charge in [0.2, 0.25) is 5.91 Å². The van der Waals surface area contributed by atoms with E-state index < -0.39 is 0 Å². The molecule has 5 fully saturated rings. The normalized spacial score (nSPS) is 52.8.